The standard InChI is InChI=1S/C17H21ClN2O2/c1-2-22-15-10-14(21)17(15)6-8-20(9-7-17)16-12(11-19)4-3-5-13(16)18/h3-5,14-15,21H,2,6-10H2,1H3/t14-,15+/m0/s1. The number of nitriles is 1. The van der Waals surface area contributed by atoms with Crippen molar-refractivity contribution in [3.05, 3.63) is 28.8 Å². The Morgan fingerprint density at radius 3 is 2.77 bits per heavy atom. The Hall–Kier alpha value is -1.28. The van der Waals surface area contributed by atoms with Crippen LogP contribution in [-0.2, 0) is 4.74 Å². The van der Waals surface area contributed by atoms with Crippen molar-refractivity contribution in [1.29, 1.82) is 5.26 Å². The fourth-order valence-electron chi connectivity index (χ4n) is 3.89. The van der Waals surface area contributed by atoms with Crippen LogP contribution in [0.15, 0.2) is 18.2 Å². The van der Waals surface area contributed by atoms with Crippen LogP contribution in [-0.4, -0.2) is 37.0 Å². The third kappa shape index (κ3) is 2.38. The summed E-state index contributed by atoms with van der Waals surface area (Å²) in [5.74, 6) is 0. The van der Waals surface area contributed by atoms with Crippen molar-refractivity contribution in [2.45, 2.75) is 38.4 Å². The number of hydrogen-bond acceptors (Lipinski definition) is 4. The molecule has 1 saturated heterocycles. The van der Waals surface area contributed by atoms with Crippen LogP contribution in [0.4, 0.5) is 5.69 Å². The molecule has 1 aliphatic carbocycles. The summed E-state index contributed by atoms with van der Waals surface area (Å²) in [6.45, 7) is 4.26. The largest absolute Gasteiger partial charge is 0.392 e. The van der Waals surface area contributed by atoms with Gasteiger partial charge in [-0.1, -0.05) is 17.7 Å². The van der Waals surface area contributed by atoms with Crippen LogP contribution in [0.2, 0.25) is 5.02 Å². The molecule has 0 amide bonds. The van der Waals surface area contributed by atoms with E-state index in [0.717, 1.165) is 38.0 Å². The number of anilines is 1. The minimum atomic E-state index is -0.270. The van der Waals surface area contributed by atoms with Gasteiger partial charge in [-0.3, -0.25) is 0 Å². The van der Waals surface area contributed by atoms with E-state index in [1.165, 1.54) is 0 Å². The van der Waals surface area contributed by atoms with Crippen molar-refractivity contribution in [2.75, 3.05) is 24.6 Å². The van der Waals surface area contributed by atoms with Crippen LogP contribution in [0.5, 0.6) is 0 Å². The first kappa shape index (κ1) is 15.6. The predicted molar refractivity (Wildman–Crippen MR) is 86.1 cm³/mol. The highest BCUT2D eigenvalue weighted by atomic mass is 35.5. The van der Waals surface area contributed by atoms with Gasteiger partial charge in [-0.15, -0.1) is 0 Å². The fourth-order valence-corrected chi connectivity index (χ4v) is 4.18. The normalized spacial score (nSPS) is 26.5. The molecule has 3 rings (SSSR count). The van der Waals surface area contributed by atoms with Crippen LogP contribution in [0.1, 0.15) is 31.7 Å². The molecule has 0 bridgehead atoms. The number of nitrogens with zero attached hydrogens (tertiary/aromatic N) is 2. The number of aliphatic hydroxyl groups is 1. The quantitative estimate of drug-likeness (QED) is 0.930. The van der Waals surface area contributed by atoms with Gasteiger partial charge in [0.15, 0.2) is 0 Å². The van der Waals surface area contributed by atoms with E-state index in [1.807, 2.05) is 13.0 Å². The highest BCUT2D eigenvalue weighted by molar-refractivity contribution is 6.33. The Morgan fingerprint density at radius 1 is 1.45 bits per heavy atom. The molecule has 1 aromatic rings. The Balaban J connectivity index is 1.77. The first-order chi connectivity index (χ1) is 10.6. The molecule has 118 valence electrons. The summed E-state index contributed by atoms with van der Waals surface area (Å²) in [6.07, 6.45) is 2.37. The Bertz CT molecular complexity index is 589. The molecule has 1 aromatic carbocycles. The number of halogens is 1. The SMILES string of the molecule is CCO[C@@H]1C[C@H](O)C12CCN(c1c(Cl)cccc1C#N)CC2. The summed E-state index contributed by atoms with van der Waals surface area (Å²) in [5, 5.41) is 20.2. The van der Waals surface area contributed by atoms with E-state index in [0.29, 0.717) is 17.2 Å². The van der Waals surface area contributed by atoms with Gasteiger partial charge in [0.25, 0.3) is 0 Å². The van der Waals surface area contributed by atoms with Crippen molar-refractivity contribution >= 4 is 17.3 Å². The monoisotopic (exact) mass is 320 g/mol. The zero-order valence-electron chi connectivity index (χ0n) is 12.8. The lowest BCUT2D eigenvalue weighted by molar-refractivity contribution is -0.199. The number of hydrogen-bond donors (Lipinski definition) is 1. The van der Waals surface area contributed by atoms with Gasteiger partial charge < -0.3 is 14.7 Å². The van der Waals surface area contributed by atoms with Crippen LogP contribution in [0.25, 0.3) is 0 Å². The van der Waals surface area contributed by atoms with Crippen molar-refractivity contribution < 1.29 is 9.84 Å². The van der Waals surface area contributed by atoms with Crippen LogP contribution < -0.4 is 4.90 Å². The molecule has 1 saturated carbocycles. The second kappa shape index (κ2) is 6.08. The van der Waals surface area contributed by atoms with Crippen LogP contribution in [0, 0.1) is 16.7 Å². The van der Waals surface area contributed by atoms with Crippen LogP contribution >= 0.6 is 11.6 Å². The second-order valence-electron chi connectivity index (χ2n) is 6.16. The number of benzene rings is 1. The summed E-state index contributed by atoms with van der Waals surface area (Å²) in [7, 11) is 0. The summed E-state index contributed by atoms with van der Waals surface area (Å²) < 4.78 is 5.79. The number of rotatable bonds is 3. The van der Waals surface area contributed by atoms with Gasteiger partial charge in [0.05, 0.1) is 28.5 Å². The molecule has 4 nitrogen and oxygen atoms in total. The van der Waals surface area contributed by atoms with Gasteiger partial charge in [-0.05, 0) is 31.9 Å². The molecule has 0 unspecified atom stereocenters. The van der Waals surface area contributed by atoms with Crippen molar-refractivity contribution in [2.24, 2.45) is 5.41 Å². The van der Waals surface area contributed by atoms with E-state index in [-0.39, 0.29) is 17.6 Å². The average Bonchev–Trinajstić information content (AvgIpc) is 2.54. The maximum atomic E-state index is 10.3. The van der Waals surface area contributed by atoms with E-state index in [2.05, 4.69) is 11.0 Å². The molecule has 0 radical (unpaired) electrons. The minimum Gasteiger partial charge on any atom is -0.392 e. The summed E-state index contributed by atoms with van der Waals surface area (Å²) >= 11 is 6.30. The highest BCUT2D eigenvalue weighted by Gasteiger charge is 2.56. The molecule has 22 heavy (non-hydrogen) atoms. The molecule has 1 N–H and O–H groups in total. The summed E-state index contributed by atoms with van der Waals surface area (Å²) in [4.78, 5) is 2.17. The maximum absolute atomic E-state index is 10.3. The first-order valence-corrected chi connectivity index (χ1v) is 8.23. The molecule has 5 heteroatoms. The Morgan fingerprint density at radius 2 is 2.18 bits per heavy atom. The lowest BCUT2D eigenvalue weighted by Gasteiger charge is -2.57. The highest BCUT2D eigenvalue weighted by Crippen LogP contribution is 2.51. The molecular weight excluding hydrogens is 300 g/mol. The molecule has 1 spiro atoms. The first-order valence-electron chi connectivity index (χ1n) is 7.85. The molecular formula is C17H21ClN2O2. The zero-order chi connectivity index (χ0) is 15.7. The average molecular weight is 321 g/mol. The van der Waals surface area contributed by atoms with Gasteiger partial charge in [-0.25, -0.2) is 0 Å². The zero-order valence-corrected chi connectivity index (χ0v) is 13.5. The summed E-state index contributed by atoms with van der Waals surface area (Å²) in [6, 6.07) is 7.64. The molecule has 2 atom stereocenters. The number of ether oxygens (including phenoxy) is 1. The van der Waals surface area contributed by atoms with Crippen molar-refractivity contribution in [3.63, 3.8) is 0 Å². The van der Waals surface area contributed by atoms with Gasteiger partial charge in [0.2, 0.25) is 0 Å². The van der Waals surface area contributed by atoms with E-state index >= 15 is 0 Å². The number of para-hydroxylation sites is 1. The predicted octanol–water partition coefficient (Wildman–Crippen LogP) is 2.97. The molecule has 2 aliphatic rings. The fraction of sp³-hybridized carbons (Fsp3) is 0.588. The van der Waals surface area contributed by atoms with E-state index in [9.17, 15) is 10.4 Å². The molecule has 1 heterocycles. The van der Waals surface area contributed by atoms with Gasteiger partial charge >= 0.3 is 0 Å². The Labute approximate surface area is 136 Å². The third-order valence-corrected chi connectivity index (χ3v) is 5.53. The van der Waals surface area contributed by atoms with E-state index in [1.54, 1.807) is 12.1 Å². The smallest absolute Gasteiger partial charge is 0.101 e. The maximum Gasteiger partial charge on any atom is 0.101 e. The molecule has 2 fully saturated rings. The van der Waals surface area contributed by atoms with Crippen LogP contribution in [0.3, 0.4) is 0 Å². The number of aliphatic hydroxyl groups excluding tert-OH is 1. The Kier molecular flexibility index (Phi) is 4.31. The summed E-state index contributed by atoms with van der Waals surface area (Å²) in [5.41, 5.74) is 1.32. The van der Waals surface area contributed by atoms with E-state index < -0.39 is 0 Å². The minimum absolute atomic E-state index is 0.111. The van der Waals surface area contributed by atoms with Crippen molar-refractivity contribution in [1.82, 2.24) is 0 Å². The number of piperidine rings is 1. The van der Waals surface area contributed by atoms with Crippen molar-refractivity contribution in [3.8, 4) is 6.07 Å². The van der Waals surface area contributed by atoms with Gasteiger partial charge in [-0.2, -0.15) is 5.26 Å². The topological polar surface area (TPSA) is 56.5 Å². The lowest BCUT2D eigenvalue weighted by Crippen LogP contribution is -2.62. The van der Waals surface area contributed by atoms with Gasteiger partial charge in [0, 0.05) is 31.5 Å². The molecule has 0 aromatic heterocycles. The second-order valence-corrected chi connectivity index (χ2v) is 6.57. The van der Waals surface area contributed by atoms with E-state index in [4.69, 9.17) is 16.3 Å². The lowest BCUT2D eigenvalue weighted by atomic mass is 9.58. The van der Waals surface area contributed by atoms with Gasteiger partial charge in [0.1, 0.15) is 6.07 Å². The third-order valence-electron chi connectivity index (χ3n) is 5.23. The molecule has 1 aliphatic heterocycles.